The Bertz CT molecular complexity index is 1200. The quantitative estimate of drug-likeness (QED) is 0.146. The highest BCUT2D eigenvalue weighted by Crippen LogP contribution is 2.40. The first-order valence-electron chi connectivity index (χ1n) is 14.6. The smallest absolute Gasteiger partial charge is 0.338 e. The Morgan fingerprint density at radius 3 is 2.00 bits per heavy atom. The minimum Gasteiger partial charge on any atom is -0.453 e. The van der Waals surface area contributed by atoms with Gasteiger partial charge < -0.3 is 18.6 Å². The Morgan fingerprint density at radius 1 is 0.951 bits per heavy atom. The van der Waals surface area contributed by atoms with Gasteiger partial charge in [0.1, 0.15) is 0 Å². The largest absolute Gasteiger partial charge is 0.453 e. The summed E-state index contributed by atoms with van der Waals surface area (Å²) in [5, 5.41) is 2.19. The van der Waals surface area contributed by atoms with Gasteiger partial charge in [0.25, 0.3) is 8.32 Å². The number of carbonyl (C=O) groups excluding carboxylic acids is 1. The number of benzene rings is 3. The van der Waals surface area contributed by atoms with Crippen LogP contribution in [0, 0.1) is 0 Å². The molecule has 0 aliphatic carbocycles. The number of ether oxygens (including phenoxy) is 3. The maximum atomic E-state index is 13.2. The van der Waals surface area contributed by atoms with Crippen LogP contribution in [0.5, 0.6) is 0 Å². The van der Waals surface area contributed by atoms with Crippen LogP contribution >= 0.6 is 0 Å². The molecule has 1 fully saturated rings. The summed E-state index contributed by atoms with van der Waals surface area (Å²) >= 11 is 0. The third kappa shape index (κ3) is 7.25. The molecule has 0 radical (unpaired) electrons. The second kappa shape index (κ2) is 13.8. The lowest BCUT2D eigenvalue weighted by molar-refractivity contribution is -0.270. The molecule has 1 aliphatic heterocycles. The summed E-state index contributed by atoms with van der Waals surface area (Å²) in [7, 11) is -2.86. The molecule has 41 heavy (non-hydrogen) atoms. The van der Waals surface area contributed by atoms with E-state index in [2.05, 4.69) is 75.9 Å². The van der Waals surface area contributed by atoms with Gasteiger partial charge in [0.05, 0.1) is 23.9 Å². The lowest BCUT2D eigenvalue weighted by Gasteiger charge is -2.48. The van der Waals surface area contributed by atoms with E-state index in [9.17, 15) is 4.79 Å². The highest BCUT2D eigenvalue weighted by Gasteiger charge is 2.53. The second-order valence-electron chi connectivity index (χ2n) is 11.9. The molecule has 0 spiro atoms. The summed E-state index contributed by atoms with van der Waals surface area (Å²) in [6, 6.07) is 30.2. The molecule has 0 aromatic heterocycles. The van der Waals surface area contributed by atoms with Crippen molar-refractivity contribution in [1.29, 1.82) is 0 Å². The lowest BCUT2D eigenvalue weighted by Crippen LogP contribution is -2.69. The number of allylic oxidation sites excluding steroid dienone is 1. The van der Waals surface area contributed by atoms with Crippen LogP contribution in [0.15, 0.2) is 104 Å². The summed E-state index contributed by atoms with van der Waals surface area (Å²) in [5.74, 6) is -0.398. The predicted molar refractivity (Wildman–Crippen MR) is 167 cm³/mol. The van der Waals surface area contributed by atoms with Crippen LogP contribution in [0.1, 0.15) is 64.2 Å². The number of rotatable bonds is 11. The second-order valence-corrected chi connectivity index (χ2v) is 16.1. The molecule has 4 rings (SSSR count). The number of hydrogen-bond acceptors (Lipinski definition) is 5. The zero-order valence-corrected chi connectivity index (χ0v) is 26.0. The molecule has 1 heterocycles. The lowest BCUT2D eigenvalue weighted by atomic mass is 10.0. The van der Waals surface area contributed by atoms with Crippen molar-refractivity contribution >= 4 is 24.7 Å². The van der Waals surface area contributed by atoms with Crippen LogP contribution in [-0.2, 0) is 18.6 Å². The molecule has 5 unspecified atom stereocenters. The van der Waals surface area contributed by atoms with E-state index in [1.54, 1.807) is 12.1 Å². The van der Waals surface area contributed by atoms with Crippen LogP contribution < -0.4 is 10.4 Å². The monoisotopic (exact) mass is 572 g/mol. The van der Waals surface area contributed by atoms with Crippen LogP contribution in [0.25, 0.3) is 0 Å². The van der Waals surface area contributed by atoms with E-state index in [4.69, 9.17) is 18.6 Å². The van der Waals surface area contributed by atoms with Crippen molar-refractivity contribution in [2.24, 2.45) is 0 Å². The molecule has 0 saturated carbocycles. The summed E-state index contributed by atoms with van der Waals surface area (Å²) in [4.78, 5) is 13.2. The standard InChI is InChI=1S/C35H44O5Si/c1-7-8-18-26(2)37-34-32(39-33(36)28-19-12-9-13-20-28)25-31(27(3)38-34)40-41(35(4,5)6,29-21-14-10-15-22-29)30-23-16-11-17-24-30/h7,9-17,19-24,26-27,31-32,34H,1,8,18,25H2,2-6H3. The number of carbonyl (C=O) groups is 1. The maximum absolute atomic E-state index is 13.2. The van der Waals surface area contributed by atoms with Crippen molar-refractivity contribution < 1.29 is 23.4 Å². The molecule has 5 atom stereocenters. The molecule has 3 aromatic carbocycles. The average molecular weight is 573 g/mol. The first-order chi connectivity index (χ1) is 19.7. The van der Waals surface area contributed by atoms with Gasteiger partial charge in [0, 0.05) is 6.42 Å². The Morgan fingerprint density at radius 2 is 1.49 bits per heavy atom. The Hall–Kier alpha value is -3.03. The van der Waals surface area contributed by atoms with Gasteiger partial charge in [0.2, 0.25) is 0 Å². The first-order valence-corrected chi connectivity index (χ1v) is 16.5. The van der Waals surface area contributed by atoms with Gasteiger partial charge in [-0.25, -0.2) is 4.79 Å². The Kier molecular flexibility index (Phi) is 10.4. The van der Waals surface area contributed by atoms with Crippen molar-refractivity contribution in [3.63, 3.8) is 0 Å². The normalized spacial score (nSPS) is 22.1. The van der Waals surface area contributed by atoms with Crippen molar-refractivity contribution in [2.75, 3.05) is 0 Å². The third-order valence-electron chi connectivity index (χ3n) is 7.80. The van der Waals surface area contributed by atoms with Crippen LogP contribution in [-0.4, -0.2) is 45.0 Å². The minimum absolute atomic E-state index is 0.0859. The molecule has 1 saturated heterocycles. The van der Waals surface area contributed by atoms with Crippen molar-refractivity contribution in [1.82, 2.24) is 0 Å². The Balaban J connectivity index is 1.69. The molecule has 1 aliphatic rings. The van der Waals surface area contributed by atoms with Crippen molar-refractivity contribution in [3.8, 4) is 0 Å². The van der Waals surface area contributed by atoms with E-state index in [0.29, 0.717) is 12.0 Å². The highest BCUT2D eigenvalue weighted by atomic mass is 28.4. The molecule has 0 amide bonds. The van der Waals surface area contributed by atoms with E-state index in [-0.39, 0.29) is 23.4 Å². The van der Waals surface area contributed by atoms with Crippen molar-refractivity contribution in [3.05, 3.63) is 109 Å². The molecule has 5 nitrogen and oxygen atoms in total. The van der Waals surface area contributed by atoms with Gasteiger partial charge in [-0.05, 0) is 54.2 Å². The summed E-state index contributed by atoms with van der Waals surface area (Å²) in [6.45, 7) is 14.6. The van der Waals surface area contributed by atoms with E-state index in [1.807, 2.05) is 50.3 Å². The van der Waals surface area contributed by atoms with E-state index in [0.717, 1.165) is 12.8 Å². The molecule has 218 valence electrons. The average Bonchev–Trinajstić information content (AvgIpc) is 2.97. The van der Waals surface area contributed by atoms with Gasteiger partial charge >= 0.3 is 5.97 Å². The summed E-state index contributed by atoms with van der Waals surface area (Å²) < 4.78 is 26.4. The SMILES string of the molecule is C=CCCC(C)OC1OC(C)C(O[Si](c2ccccc2)(c2ccccc2)C(C)(C)C)CC1OC(=O)c1ccccc1. The summed E-state index contributed by atoms with van der Waals surface area (Å²) in [5.41, 5.74) is 0.494. The zero-order chi connectivity index (χ0) is 29.5. The van der Waals surface area contributed by atoms with Crippen LogP contribution in [0.2, 0.25) is 5.04 Å². The van der Waals surface area contributed by atoms with Gasteiger partial charge in [-0.2, -0.15) is 0 Å². The van der Waals surface area contributed by atoms with Gasteiger partial charge in [-0.3, -0.25) is 0 Å². The predicted octanol–water partition coefficient (Wildman–Crippen LogP) is 6.66. The number of esters is 1. The maximum Gasteiger partial charge on any atom is 0.338 e. The molecule has 3 aromatic rings. The third-order valence-corrected chi connectivity index (χ3v) is 12.9. The molecular weight excluding hydrogens is 528 g/mol. The Labute approximate surface area is 246 Å². The fourth-order valence-corrected chi connectivity index (χ4v) is 10.4. The molecule has 0 bridgehead atoms. The van der Waals surface area contributed by atoms with E-state index >= 15 is 0 Å². The number of hydrogen-bond donors (Lipinski definition) is 0. The highest BCUT2D eigenvalue weighted by molar-refractivity contribution is 6.99. The van der Waals surface area contributed by atoms with Crippen LogP contribution in [0.3, 0.4) is 0 Å². The van der Waals surface area contributed by atoms with Gasteiger partial charge in [-0.15, -0.1) is 6.58 Å². The minimum atomic E-state index is -2.86. The zero-order valence-electron chi connectivity index (χ0n) is 25.0. The molecular formula is C35H44O5Si. The topological polar surface area (TPSA) is 54.0 Å². The fourth-order valence-electron chi connectivity index (χ4n) is 5.63. The first kappa shape index (κ1) is 30.9. The van der Waals surface area contributed by atoms with Gasteiger partial charge in [-0.1, -0.05) is 106 Å². The molecule has 6 heteroatoms. The van der Waals surface area contributed by atoms with Crippen LogP contribution in [0.4, 0.5) is 0 Å². The van der Waals surface area contributed by atoms with E-state index in [1.165, 1.54) is 10.4 Å². The van der Waals surface area contributed by atoms with Crippen molar-refractivity contribution in [2.45, 2.75) is 89.6 Å². The fraction of sp³-hybridized carbons (Fsp3) is 0.400. The van der Waals surface area contributed by atoms with Gasteiger partial charge in [0.15, 0.2) is 12.4 Å². The van der Waals surface area contributed by atoms with E-state index < -0.39 is 26.7 Å². The summed E-state index contributed by atoms with van der Waals surface area (Å²) in [6.07, 6.45) is 1.96. The molecule has 0 N–H and O–H groups in total.